The predicted octanol–water partition coefficient (Wildman–Crippen LogP) is 1.39. The molecule has 0 unspecified atom stereocenters. The Balaban J connectivity index is 2.48. The van der Waals surface area contributed by atoms with Crippen molar-refractivity contribution in [3.63, 3.8) is 0 Å². The lowest BCUT2D eigenvalue weighted by atomic mass is 10.0. The molecule has 1 aliphatic rings. The van der Waals surface area contributed by atoms with E-state index in [-0.39, 0.29) is 24.6 Å². The van der Waals surface area contributed by atoms with Crippen molar-refractivity contribution >= 4 is 23.4 Å². The molecule has 20 heavy (non-hydrogen) atoms. The van der Waals surface area contributed by atoms with Crippen molar-refractivity contribution in [3.8, 4) is 0 Å². The van der Waals surface area contributed by atoms with E-state index in [9.17, 15) is 14.4 Å². The SMILES string of the molecule is CCOC(=O)C1=C(c2ccccc2)CN(C(C)=O)C1=O. The van der Waals surface area contributed by atoms with Gasteiger partial charge >= 0.3 is 5.97 Å². The first-order chi connectivity index (χ1) is 9.56. The predicted molar refractivity (Wildman–Crippen MR) is 72.4 cm³/mol. The third kappa shape index (κ3) is 2.47. The summed E-state index contributed by atoms with van der Waals surface area (Å²) in [5.74, 6) is -1.65. The molecule has 5 nitrogen and oxygen atoms in total. The fraction of sp³-hybridized carbons (Fsp3) is 0.267. The van der Waals surface area contributed by atoms with Crippen LogP contribution in [-0.2, 0) is 19.1 Å². The van der Waals surface area contributed by atoms with Gasteiger partial charge in [-0.15, -0.1) is 0 Å². The van der Waals surface area contributed by atoms with E-state index in [1.165, 1.54) is 6.92 Å². The Hall–Kier alpha value is -2.43. The summed E-state index contributed by atoms with van der Waals surface area (Å²) in [6.07, 6.45) is 0. The first-order valence-electron chi connectivity index (χ1n) is 6.34. The van der Waals surface area contributed by atoms with Crippen LogP contribution in [0.5, 0.6) is 0 Å². The maximum absolute atomic E-state index is 12.2. The smallest absolute Gasteiger partial charge is 0.344 e. The molecule has 0 radical (unpaired) electrons. The molecular weight excluding hydrogens is 258 g/mol. The van der Waals surface area contributed by atoms with E-state index >= 15 is 0 Å². The van der Waals surface area contributed by atoms with Crippen molar-refractivity contribution < 1.29 is 19.1 Å². The van der Waals surface area contributed by atoms with Gasteiger partial charge in [-0.05, 0) is 18.1 Å². The van der Waals surface area contributed by atoms with Crippen LogP contribution in [0.4, 0.5) is 0 Å². The second-order valence-corrected chi connectivity index (χ2v) is 4.35. The lowest BCUT2D eigenvalue weighted by Gasteiger charge is -2.11. The molecule has 2 amide bonds. The monoisotopic (exact) mass is 273 g/mol. The molecule has 0 saturated heterocycles. The third-order valence-electron chi connectivity index (χ3n) is 3.06. The van der Waals surface area contributed by atoms with Gasteiger partial charge in [-0.25, -0.2) is 4.79 Å². The van der Waals surface area contributed by atoms with Gasteiger partial charge in [-0.2, -0.15) is 0 Å². The second kappa shape index (κ2) is 5.69. The number of carbonyl (C=O) groups excluding carboxylic acids is 3. The van der Waals surface area contributed by atoms with Crippen LogP contribution < -0.4 is 0 Å². The highest BCUT2D eigenvalue weighted by atomic mass is 16.5. The van der Waals surface area contributed by atoms with E-state index in [2.05, 4.69) is 0 Å². The number of nitrogens with zero attached hydrogens (tertiary/aromatic N) is 1. The molecule has 0 N–H and O–H groups in total. The number of hydrogen-bond donors (Lipinski definition) is 0. The molecule has 0 atom stereocenters. The Bertz CT molecular complexity index is 589. The zero-order chi connectivity index (χ0) is 14.7. The van der Waals surface area contributed by atoms with Gasteiger partial charge in [0.15, 0.2) is 0 Å². The van der Waals surface area contributed by atoms with Crippen molar-refractivity contribution in [1.82, 2.24) is 4.90 Å². The number of rotatable bonds is 3. The highest BCUT2D eigenvalue weighted by Crippen LogP contribution is 2.28. The van der Waals surface area contributed by atoms with Crippen LogP contribution in [0.2, 0.25) is 0 Å². The van der Waals surface area contributed by atoms with E-state index in [0.29, 0.717) is 5.57 Å². The third-order valence-corrected chi connectivity index (χ3v) is 3.06. The molecule has 104 valence electrons. The lowest BCUT2D eigenvalue weighted by Crippen LogP contribution is -2.33. The standard InChI is InChI=1S/C15H15NO4/c1-3-20-15(19)13-12(11-7-5-4-6-8-11)9-16(10(2)17)14(13)18/h4-8H,3,9H2,1-2H3. The molecule has 0 saturated carbocycles. The summed E-state index contributed by atoms with van der Waals surface area (Å²) in [6.45, 7) is 3.25. The van der Waals surface area contributed by atoms with Crippen molar-refractivity contribution in [2.75, 3.05) is 13.2 Å². The number of amides is 2. The molecule has 2 rings (SSSR count). The Morgan fingerprint density at radius 2 is 1.90 bits per heavy atom. The van der Waals surface area contributed by atoms with Crippen LogP contribution in [-0.4, -0.2) is 35.8 Å². The molecule has 0 aliphatic carbocycles. The molecule has 1 aromatic rings. The molecule has 0 fully saturated rings. The van der Waals surface area contributed by atoms with Crippen molar-refractivity contribution in [1.29, 1.82) is 0 Å². The summed E-state index contributed by atoms with van der Waals surface area (Å²) in [5, 5.41) is 0. The normalized spacial score (nSPS) is 14.7. The summed E-state index contributed by atoms with van der Waals surface area (Å²) in [4.78, 5) is 36.7. The number of benzene rings is 1. The van der Waals surface area contributed by atoms with Crippen molar-refractivity contribution in [2.24, 2.45) is 0 Å². The van der Waals surface area contributed by atoms with Gasteiger partial charge in [-0.3, -0.25) is 14.5 Å². The zero-order valence-corrected chi connectivity index (χ0v) is 11.4. The first kappa shape index (κ1) is 14.0. The van der Waals surface area contributed by atoms with Gasteiger partial charge in [0.1, 0.15) is 5.57 Å². The summed E-state index contributed by atoms with van der Waals surface area (Å²) < 4.78 is 4.92. The van der Waals surface area contributed by atoms with Crippen LogP contribution in [0, 0.1) is 0 Å². The minimum atomic E-state index is -0.680. The number of carbonyl (C=O) groups is 3. The van der Waals surface area contributed by atoms with Gasteiger partial charge < -0.3 is 4.74 Å². The van der Waals surface area contributed by atoms with Crippen LogP contribution >= 0.6 is 0 Å². The van der Waals surface area contributed by atoms with Gasteiger partial charge in [-0.1, -0.05) is 30.3 Å². The highest BCUT2D eigenvalue weighted by molar-refractivity contribution is 6.27. The van der Waals surface area contributed by atoms with Gasteiger partial charge in [0, 0.05) is 6.92 Å². The fourth-order valence-electron chi connectivity index (χ4n) is 2.12. The zero-order valence-electron chi connectivity index (χ0n) is 11.4. The Labute approximate surface area is 116 Å². The number of esters is 1. The van der Waals surface area contributed by atoms with Crippen LogP contribution in [0.25, 0.3) is 5.57 Å². The average Bonchev–Trinajstić information content (AvgIpc) is 2.78. The van der Waals surface area contributed by atoms with Crippen LogP contribution in [0.15, 0.2) is 35.9 Å². The molecule has 5 heteroatoms. The quantitative estimate of drug-likeness (QED) is 0.616. The number of hydrogen-bond acceptors (Lipinski definition) is 4. The molecule has 1 heterocycles. The summed E-state index contributed by atoms with van der Waals surface area (Å²) in [6, 6.07) is 9.06. The fourth-order valence-corrected chi connectivity index (χ4v) is 2.12. The highest BCUT2D eigenvalue weighted by Gasteiger charge is 2.38. The van der Waals surface area contributed by atoms with E-state index in [1.807, 2.05) is 18.2 Å². The number of imide groups is 1. The summed E-state index contributed by atoms with van der Waals surface area (Å²) in [7, 11) is 0. The Morgan fingerprint density at radius 1 is 1.25 bits per heavy atom. The van der Waals surface area contributed by atoms with Gasteiger partial charge in [0.2, 0.25) is 5.91 Å². The molecule has 0 spiro atoms. The van der Waals surface area contributed by atoms with Crippen LogP contribution in [0.3, 0.4) is 0 Å². The molecular formula is C15H15NO4. The van der Waals surface area contributed by atoms with Gasteiger partial charge in [0.05, 0.1) is 13.2 Å². The molecule has 0 aromatic heterocycles. The van der Waals surface area contributed by atoms with Crippen LogP contribution in [0.1, 0.15) is 19.4 Å². The van der Waals surface area contributed by atoms with E-state index in [0.717, 1.165) is 10.5 Å². The van der Waals surface area contributed by atoms with Gasteiger partial charge in [0.25, 0.3) is 5.91 Å². The minimum Gasteiger partial charge on any atom is -0.462 e. The maximum Gasteiger partial charge on any atom is 0.344 e. The van der Waals surface area contributed by atoms with Crippen molar-refractivity contribution in [3.05, 3.63) is 41.5 Å². The minimum absolute atomic E-state index is 0.0479. The topological polar surface area (TPSA) is 63.7 Å². The maximum atomic E-state index is 12.2. The summed E-state index contributed by atoms with van der Waals surface area (Å²) >= 11 is 0. The second-order valence-electron chi connectivity index (χ2n) is 4.35. The summed E-state index contributed by atoms with van der Waals surface area (Å²) in [5.41, 5.74) is 1.23. The van der Waals surface area contributed by atoms with Crippen molar-refractivity contribution in [2.45, 2.75) is 13.8 Å². The largest absolute Gasteiger partial charge is 0.462 e. The van der Waals surface area contributed by atoms with E-state index in [1.54, 1.807) is 19.1 Å². The van der Waals surface area contributed by atoms with E-state index in [4.69, 9.17) is 4.74 Å². The Morgan fingerprint density at radius 3 is 2.45 bits per heavy atom. The lowest BCUT2D eigenvalue weighted by molar-refractivity contribution is -0.143. The average molecular weight is 273 g/mol. The molecule has 1 aliphatic heterocycles. The molecule has 1 aromatic carbocycles. The first-order valence-corrected chi connectivity index (χ1v) is 6.34. The Kier molecular flexibility index (Phi) is 3.98. The number of ether oxygens (including phenoxy) is 1. The molecule has 0 bridgehead atoms. The van der Waals surface area contributed by atoms with E-state index < -0.39 is 11.9 Å².